The molecule has 0 aromatic heterocycles. The molecule has 19 heavy (non-hydrogen) atoms. The summed E-state index contributed by atoms with van der Waals surface area (Å²) in [6.45, 7) is 3.97. The third-order valence-corrected chi connectivity index (χ3v) is 3.54. The van der Waals surface area contributed by atoms with Crippen molar-refractivity contribution in [3.8, 4) is 0 Å². The molecule has 0 bridgehead atoms. The quantitative estimate of drug-likeness (QED) is 0.809. The maximum atomic E-state index is 11.6. The first-order valence-corrected chi connectivity index (χ1v) is 7.56. The Kier molecular flexibility index (Phi) is 7.10. The molecule has 0 aliphatic heterocycles. The lowest BCUT2D eigenvalue weighted by Gasteiger charge is -2.14. The van der Waals surface area contributed by atoms with Crippen LogP contribution >= 0.6 is 15.9 Å². The largest absolute Gasteiger partial charge is 0.354 e. The van der Waals surface area contributed by atoms with Gasteiger partial charge in [-0.15, -0.1) is 0 Å². The van der Waals surface area contributed by atoms with Crippen LogP contribution in [0.4, 0.5) is 0 Å². The van der Waals surface area contributed by atoms with E-state index >= 15 is 0 Å². The first-order valence-electron chi connectivity index (χ1n) is 6.76. The van der Waals surface area contributed by atoms with E-state index in [0.717, 1.165) is 23.7 Å². The lowest BCUT2D eigenvalue weighted by atomic mass is 10.1. The molecule has 3 N–H and O–H groups in total. The highest BCUT2D eigenvalue weighted by Gasteiger charge is 2.08. The maximum absolute atomic E-state index is 11.6. The molecule has 0 spiro atoms. The zero-order chi connectivity index (χ0) is 14.3. The molecule has 1 amide bonds. The van der Waals surface area contributed by atoms with Crippen LogP contribution in [0.3, 0.4) is 0 Å². The number of hydrogen-bond donors (Lipinski definition) is 2. The summed E-state index contributed by atoms with van der Waals surface area (Å²) in [5, 5.41) is 3.01. The highest BCUT2D eigenvalue weighted by atomic mass is 79.9. The molecule has 0 aliphatic rings. The Morgan fingerprint density at radius 2 is 1.89 bits per heavy atom. The van der Waals surface area contributed by atoms with E-state index in [0.29, 0.717) is 6.42 Å². The second-order valence-electron chi connectivity index (χ2n) is 5.15. The van der Waals surface area contributed by atoms with Crippen molar-refractivity contribution >= 4 is 21.8 Å². The van der Waals surface area contributed by atoms with Crippen molar-refractivity contribution in [3.05, 3.63) is 34.3 Å². The number of hydrogen-bond acceptors (Lipinski definition) is 2. The van der Waals surface area contributed by atoms with Gasteiger partial charge in [0.25, 0.3) is 0 Å². The number of amides is 1. The third-order valence-electron chi connectivity index (χ3n) is 3.01. The Hall–Kier alpha value is -0.870. The number of halogens is 1. The lowest BCUT2D eigenvalue weighted by molar-refractivity contribution is -0.121. The molecular formula is C15H23BrN2O. The molecule has 2 atom stereocenters. The minimum atomic E-state index is 0.0869. The fraction of sp³-hybridized carbons (Fsp3) is 0.533. The van der Waals surface area contributed by atoms with Gasteiger partial charge in [0, 0.05) is 23.0 Å². The number of carbonyl (C=O) groups is 1. The van der Waals surface area contributed by atoms with Crippen molar-refractivity contribution in [2.45, 2.75) is 51.6 Å². The lowest BCUT2D eigenvalue weighted by Crippen LogP contribution is -2.33. The highest BCUT2D eigenvalue weighted by Crippen LogP contribution is 2.12. The Labute approximate surface area is 124 Å². The van der Waals surface area contributed by atoms with Crippen molar-refractivity contribution < 1.29 is 4.79 Å². The van der Waals surface area contributed by atoms with Crippen LogP contribution in [0.5, 0.6) is 0 Å². The van der Waals surface area contributed by atoms with Gasteiger partial charge in [-0.05, 0) is 50.8 Å². The number of nitrogens with two attached hydrogens (primary N) is 1. The number of aryl methyl sites for hydroxylation is 1. The minimum absolute atomic E-state index is 0.0869. The average molecular weight is 327 g/mol. The van der Waals surface area contributed by atoms with E-state index in [1.807, 2.05) is 26.0 Å². The van der Waals surface area contributed by atoms with Crippen molar-refractivity contribution in [1.82, 2.24) is 5.32 Å². The molecule has 0 heterocycles. The van der Waals surface area contributed by atoms with Crippen molar-refractivity contribution in [3.63, 3.8) is 0 Å². The number of rotatable bonds is 7. The molecule has 0 saturated carbocycles. The summed E-state index contributed by atoms with van der Waals surface area (Å²) in [6.07, 6.45) is 3.18. The molecule has 0 saturated heterocycles. The van der Waals surface area contributed by atoms with Crippen LogP contribution in [0.2, 0.25) is 0 Å². The number of benzene rings is 1. The molecule has 0 aliphatic carbocycles. The van der Waals surface area contributed by atoms with Crippen LogP contribution in [-0.4, -0.2) is 18.0 Å². The summed E-state index contributed by atoms with van der Waals surface area (Å²) >= 11 is 3.42. The van der Waals surface area contributed by atoms with Crippen LogP contribution in [0, 0.1) is 0 Å². The van der Waals surface area contributed by atoms with Gasteiger partial charge >= 0.3 is 0 Å². The Bertz CT molecular complexity index is 390. The molecule has 4 heteroatoms. The van der Waals surface area contributed by atoms with Crippen LogP contribution in [0.25, 0.3) is 0 Å². The van der Waals surface area contributed by atoms with Gasteiger partial charge in [0.1, 0.15) is 0 Å². The first kappa shape index (κ1) is 16.2. The topological polar surface area (TPSA) is 55.1 Å². The van der Waals surface area contributed by atoms with Gasteiger partial charge in [0.05, 0.1) is 0 Å². The summed E-state index contributed by atoms with van der Waals surface area (Å²) in [7, 11) is 0. The zero-order valence-electron chi connectivity index (χ0n) is 11.7. The van der Waals surface area contributed by atoms with E-state index in [1.165, 1.54) is 5.56 Å². The van der Waals surface area contributed by atoms with Crippen molar-refractivity contribution in [2.24, 2.45) is 5.73 Å². The van der Waals surface area contributed by atoms with Gasteiger partial charge in [0.15, 0.2) is 0 Å². The summed E-state index contributed by atoms with van der Waals surface area (Å²) in [6, 6.07) is 8.58. The van der Waals surface area contributed by atoms with E-state index in [2.05, 4.69) is 33.4 Å². The van der Waals surface area contributed by atoms with E-state index in [4.69, 9.17) is 5.73 Å². The normalized spacial score (nSPS) is 13.9. The summed E-state index contributed by atoms with van der Waals surface area (Å²) < 4.78 is 1.09. The molecule has 1 aromatic rings. The van der Waals surface area contributed by atoms with Crippen LogP contribution in [0.15, 0.2) is 28.7 Å². The van der Waals surface area contributed by atoms with Gasteiger partial charge in [-0.1, -0.05) is 28.1 Å². The summed E-state index contributed by atoms with van der Waals surface area (Å²) in [5.74, 6) is 0.0978. The molecule has 106 valence electrons. The van der Waals surface area contributed by atoms with Crippen LogP contribution < -0.4 is 11.1 Å². The van der Waals surface area contributed by atoms with E-state index in [9.17, 15) is 4.79 Å². The van der Waals surface area contributed by atoms with Crippen LogP contribution in [-0.2, 0) is 11.2 Å². The molecule has 1 rings (SSSR count). The predicted molar refractivity (Wildman–Crippen MR) is 83.0 cm³/mol. The summed E-state index contributed by atoms with van der Waals surface area (Å²) in [4.78, 5) is 11.6. The minimum Gasteiger partial charge on any atom is -0.354 e. The highest BCUT2D eigenvalue weighted by molar-refractivity contribution is 9.10. The standard InChI is InChI=1S/C15H23BrN2O/c1-11(17)3-10-15(19)18-12(2)4-5-13-6-8-14(16)9-7-13/h6-9,11-12H,3-5,10,17H2,1-2H3,(H,18,19). The van der Waals surface area contributed by atoms with Gasteiger partial charge in [-0.3, -0.25) is 4.79 Å². The van der Waals surface area contributed by atoms with E-state index in [1.54, 1.807) is 0 Å². The Morgan fingerprint density at radius 3 is 2.47 bits per heavy atom. The van der Waals surface area contributed by atoms with Crippen molar-refractivity contribution in [2.75, 3.05) is 0 Å². The maximum Gasteiger partial charge on any atom is 0.220 e. The van der Waals surface area contributed by atoms with Gasteiger partial charge < -0.3 is 11.1 Å². The Morgan fingerprint density at radius 1 is 1.26 bits per heavy atom. The molecule has 2 unspecified atom stereocenters. The molecule has 0 fully saturated rings. The SMILES string of the molecule is CC(N)CCC(=O)NC(C)CCc1ccc(Br)cc1. The molecule has 1 aromatic carbocycles. The number of nitrogens with one attached hydrogen (secondary N) is 1. The molecule has 3 nitrogen and oxygen atoms in total. The van der Waals surface area contributed by atoms with Crippen LogP contribution in [0.1, 0.15) is 38.7 Å². The smallest absolute Gasteiger partial charge is 0.220 e. The fourth-order valence-corrected chi connectivity index (χ4v) is 2.08. The molecule has 0 radical (unpaired) electrons. The predicted octanol–water partition coefficient (Wildman–Crippen LogP) is 3.01. The zero-order valence-corrected chi connectivity index (χ0v) is 13.2. The fourth-order valence-electron chi connectivity index (χ4n) is 1.81. The molecular weight excluding hydrogens is 304 g/mol. The van der Waals surface area contributed by atoms with Gasteiger partial charge in [-0.25, -0.2) is 0 Å². The second-order valence-corrected chi connectivity index (χ2v) is 6.07. The first-order chi connectivity index (χ1) is 8.97. The van der Waals surface area contributed by atoms with Gasteiger partial charge in [0.2, 0.25) is 5.91 Å². The van der Waals surface area contributed by atoms with E-state index < -0.39 is 0 Å². The van der Waals surface area contributed by atoms with Gasteiger partial charge in [-0.2, -0.15) is 0 Å². The summed E-state index contributed by atoms with van der Waals surface area (Å²) in [5.41, 5.74) is 6.93. The van der Waals surface area contributed by atoms with Crippen molar-refractivity contribution in [1.29, 1.82) is 0 Å². The monoisotopic (exact) mass is 326 g/mol. The third kappa shape index (κ3) is 7.33. The second kappa shape index (κ2) is 8.33. The average Bonchev–Trinajstić information content (AvgIpc) is 2.36. The van der Waals surface area contributed by atoms with E-state index in [-0.39, 0.29) is 18.0 Å². The number of carbonyl (C=O) groups excluding carboxylic acids is 1. The Balaban J connectivity index is 2.25.